The van der Waals surface area contributed by atoms with E-state index in [0.717, 1.165) is 29.9 Å². The molecule has 1 aromatic rings. The number of aliphatic imine (C=N–C) groups is 1. The topological polar surface area (TPSA) is 62.5 Å². The highest BCUT2D eigenvalue weighted by molar-refractivity contribution is 14.0. The molecular weight excluding hydrogens is 439 g/mol. The molecule has 2 unspecified atom stereocenters. The van der Waals surface area contributed by atoms with Crippen LogP contribution in [0.1, 0.15) is 81.7 Å². The Kier molecular flexibility index (Phi) is 10.6. The van der Waals surface area contributed by atoms with E-state index in [1.54, 1.807) is 0 Å². The number of aryl methyl sites for hydroxylation is 2. The van der Waals surface area contributed by atoms with E-state index in [-0.39, 0.29) is 24.0 Å². The van der Waals surface area contributed by atoms with Gasteiger partial charge in [0.1, 0.15) is 5.76 Å². The highest BCUT2D eigenvalue weighted by Gasteiger charge is 2.18. The molecule has 0 aliphatic heterocycles. The highest BCUT2D eigenvalue weighted by atomic mass is 127. The van der Waals surface area contributed by atoms with Gasteiger partial charge in [-0.3, -0.25) is 4.99 Å². The van der Waals surface area contributed by atoms with Crippen molar-refractivity contribution in [1.29, 1.82) is 0 Å². The van der Waals surface area contributed by atoms with E-state index in [1.165, 1.54) is 50.5 Å². The molecular formula is C20H37IN4O. The molecule has 0 spiro atoms. The maximum absolute atomic E-state index is 5.28. The first-order valence-electron chi connectivity index (χ1n) is 9.91. The van der Waals surface area contributed by atoms with Crippen LogP contribution in [0.25, 0.3) is 0 Å². The lowest BCUT2D eigenvalue weighted by molar-refractivity contribution is 0.322. The van der Waals surface area contributed by atoms with Gasteiger partial charge in [-0.15, -0.1) is 24.0 Å². The molecule has 2 rings (SSSR count). The number of guanidine groups is 1. The van der Waals surface area contributed by atoms with Crippen molar-refractivity contribution in [3.8, 4) is 0 Å². The third kappa shape index (κ3) is 7.08. The highest BCUT2D eigenvalue weighted by Crippen LogP contribution is 2.27. The van der Waals surface area contributed by atoms with Crippen LogP contribution >= 0.6 is 24.0 Å². The first-order chi connectivity index (χ1) is 12.0. The van der Waals surface area contributed by atoms with Crippen molar-refractivity contribution in [3.05, 3.63) is 17.0 Å². The van der Waals surface area contributed by atoms with Gasteiger partial charge in [0.05, 0.1) is 5.69 Å². The zero-order valence-electron chi connectivity index (χ0n) is 17.1. The third-order valence-electron chi connectivity index (χ3n) is 5.50. The van der Waals surface area contributed by atoms with Crippen molar-refractivity contribution in [3.63, 3.8) is 0 Å². The van der Waals surface area contributed by atoms with Crippen molar-refractivity contribution in [1.82, 2.24) is 15.8 Å². The Morgan fingerprint density at radius 1 is 1.23 bits per heavy atom. The maximum Gasteiger partial charge on any atom is 0.191 e. The van der Waals surface area contributed by atoms with Gasteiger partial charge >= 0.3 is 0 Å². The quantitative estimate of drug-likeness (QED) is 0.333. The van der Waals surface area contributed by atoms with Crippen molar-refractivity contribution in [2.24, 2.45) is 10.9 Å². The lowest BCUT2D eigenvalue weighted by Gasteiger charge is -2.24. The molecule has 1 saturated carbocycles. The molecule has 0 saturated heterocycles. The number of hydrogen-bond acceptors (Lipinski definition) is 3. The average molecular weight is 476 g/mol. The Hall–Kier alpha value is -0.790. The molecule has 1 fully saturated rings. The Morgan fingerprint density at radius 3 is 2.50 bits per heavy atom. The summed E-state index contributed by atoms with van der Waals surface area (Å²) in [4.78, 5) is 4.38. The van der Waals surface area contributed by atoms with Crippen LogP contribution in [0.2, 0.25) is 0 Å². The standard InChI is InChI=1S/C20H36N4O.HI/c1-14(19-16(3)24-25-17(19)4)13-22-20(21-5)23-15(2)11-12-18-9-7-6-8-10-18;/h14-15,18H,6-13H2,1-5H3,(H2,21,22,23);1H. The summed E-state index contributed by atoms with van der Waals surface area (Å²) in [7, 11) is 1.84. The molecule has 0 radical (unpaired) electrons. The minimum absolute atomic E-state index is 0. The summed E-state index contributed by atoms with van der Waals surface area (Å²) in [6.45, 7) is 9.25. The number of aromatic nitrogens is 1. The van der Waals surface area contributed by atoms with Crippen LogP contribution in [0, 0.1) is 19.8 Å². The molecule has 1 aliphatic carbocycles. The first kappa shape index (κ1) is 23.2. The Bertz CT molecular complexity index is 533. The largest absolute Gasteiger partial charge is 0.361 e. The van der Waals surface area contributed by atoms with Crippen molar-refractivity contribution in [2.75, 3.05) is 13.6 Å². The molecule has 2 atom stereocenters. The van der Waals surface area contributed by atoms with Gasteiger partial charge in [-0.1, -0.05) is 44.2 Å². The van der Waals surface area contributed by atoms with Gasteiger partial charge in [-0.25, -0.2) is 0 Å². The molecule has 1 aromatic heterocycles. The number of hydrogen-bond donors (Lipinski definition) is 2. The molecule has 1 aliphatic rings. The summed E-state index contributed by atoms with van der Waals surface area (Å²) in [5.41, 5.74) is 2.18. The van der Waals surface area contributed by atoms with Crippen LogP contribution in [0.5, 0.6) is 0 Å². The monoisotopic (exact) mass is 476 g/mol. The van der Waals surface area contributed by atoms with Crippen LogP contribution < -0.4 is 10.6 Å². The zero-order chi connectivity index (χ0) is 18.2. The average Bonchev–Trinajstić information content (AvgIpc) is 2.96. The van der Waals surface area contributed by atoms with Gasteiger partial charge in [-0.05, 0) is 39.5 Å². The molecule has 0 aromatic carbocycles. The SMILES string of the molecule is CN=C(NCC(C)c1c(C)noc1C)NC(C)CCC1CCCCC1.I. The summed E-state index contributed by atoms with van der Waals surface area (Å²) in [5.74, 6) is 3.07. The molecule has 0 bridgehead atoms. The second-order valence-corrected chi connectivity index (χ2v) is 7.72. The summed E-state index contributed by atoms with van der Waals surface area (Å²) in [6, 6.07) is 0.447. The summed E-state index contributed by atoms with van der Waals surface area (Å²) in [5, 5.41) is 11.0. The van der Waals surface area contributed by atoms with E-state index >= 15 is 0 Å². The van der Waals surface area contributed by atoms with E-state index in [1.807, 2.05) is 20.9 Å². The Labute approximate surface area is 176 Å². The summed E-state index contributed by atoms with van der Waals surface area (Å²) < 4.78 is 5.28. The fourth-order valence-electron chi connectivity index (χ4n) is 4.01. The van der Waals surface area contributed by atoms with E-state index in [9.17, 15) is 0 Å². The van der Waals surface area contributed by atoms with Crippen molar-refractivity contribution < 1.29 is 4.52 Å². The van der Waals surface area contributed by atoms with E-state index in [2.05, 4.69) is 34.6 Å². The lowest BCUT2D eigenvalue weighted by atomic mass is 9.85. The second kappa shape index (κ2) is 11.8. The predicted octanol–water partition coefficient (Wildman–Crippen LogP) is 4.93. The van der Waals surface area contributed by atoms with E-state index < -0.39 is 0 Å². The molecule has 26 heavy (non-hydrogen) atoms. The number of rotatable bonds is 7. The fourth-order valence-corrected chi connectivity index (χ4v) is 4.01. The fraction of sp³-hybridized carbons (Fsp3) is 0.800. The first-order valence-corrected chi connectivity index (χ1v) is 9.91. The minimum atomic E-state index is 0. The van der Waals surface area contributed by atoms with Gasteiger partial charge < -0.3 is 15.2 Å². The van der Waals surface area contributed by atoms with Gasteiger partial charge in [0.15, 0.2) is 5.96 Å². The van der Waals surface area contributed by atoms with E-state index in [0.29, 0.717) is 12.0 Å². The lowest BCUT2D eigenvalue weighted by Crippen LogP contribution is -2.43. The van der Waals surface area contributed by atoms with Crippen LogP contribution in [0.4, 0.5) is 0 Å². The Balaban J connectivity index is 0.00000338. The molecule has 0 amide bonds. The van der Waals surface area contributed by atoms with Crippen LogP contribution in [-0.4, -0.2) is 30.8 Å². The second-order valence-electron chi connectivity index (χ2n) is 7.72. The van der Waals surface area contributed by atoms with Gasteiger partial charge in [0.25, 0.3) is 0 Å². The number of halogens is 1. The molecule has 6 heteroatoms. The summed E-state index contributed by atoms with van der Waals surface area (Å²) in [6.07, 6.45) is 9.68. The van der Waals surface area contributed by atoms with Crippen LogP contribution in [-0.2, 0) is 0 Å². The number of nitrogens with zero attached hydrogens (tertiary/aromatic N) is 2. The molecule has 150 valence electrons. The summed E-state index contributed by atoms with van der Waals surface area (Å²) >= 11 is 0. The molecule has 5 nitrogen and oxygen atoms in total. The maximum atomic E-state index is 5.28. The van der Waals surface area contributed by atoms with Crippen LogP contribution in [0.15, 0.2) is 9.52 Å². The predicted molar refractivity (Wildman–Crippen MR) is 120 cm³/mol. The van der Waals surface area contributed by atoms with Crippen molar-refractivity contribution in [2.45, 2.75) is 84.6 Å². The molecule has 2 N–H and O–H groups in total. The van der Waals surface area contributed by atoms with Crippen molar-refractivity contribution >= 4 is 29.9 Å². The van der Waals surface area contributed by atoms with Gasteiger partial charge in [0, 0.05) is 31.1 Å². The zero-order valence-corrected chi connectivity index (χ0v) is 19.4. The number of nitrogens with one attached hydrogen (secondary N) is 2. The molecule has 1 heterocycles. The normalized spacial score (nSPS) is 18.1. The smallest absolute Gasteiger partial charge is 0.191 e. The minimum Gasteiger partial charge on any atom is -0.361 e. The third-order valence-corrected chi connectivity index (χ3v) is 5.50. The van der Waals surface area contributed by atoms with Crippen LogP contribution in [0.3, 0.4) is 0 Å². The van der Waals surface area contributed by atoms with E-state index in [4.69, 9.17) is 4.52 Å². The Morgan fingerprint density at radius 2 is 1.92 bits per heavy atom. The van der Waals surface area contributed by atoms with Gasteiger partial charge in [-0.2, -0.15) is 0 Å². The van der Waals surface area contributed by atoms with Gasteiger partial charge in [0.2, 0.25) is 0 Å².